The fourth-order valence-electron chi connectivity index (χ4n) is 3.35. The predicted molar refractivity (Wildman–Crippen MR) is 95.3 cm³/mol. The van der Waals surface area contributed by atoms with Crippen LogP contribution in [-0.4, -0.2) is 27.6 Å². The number of hydrogen-bond donors (Lipinski definition) is 2. The number of benzene rings is 2. The van der Waals surface area contributed by atoms with Crippen LogP contribution in [0.2, 0.25) is 0 Å². The van der Waals surface area contributed by atoms with Gasteiger partial charge in [0.1, 0.15) is 5.82 Å². The molecular weight excluding hydrogens is 325 g/mol. The molecule has 3 nitrogen and oxygen atoms in total. The topological polar surface area (TPSA) is 53.1 Å². The zero-order valence-electron chi connectivity index (χ0n) is 12.9. The van der Waals surface area contributed by atoms with E-state index in [0.717, 1.165) is 34.4 Å². The summed E-state index contributed by atoms with van der Waals surface area (Å²) in [6.07, 6.45) is 3.06. The highest BCUT2D eigenvalue weighted by molar-refractivity contribution is 7.99. The molecule has 0 amide bonds. The molecule has 1 aromatic heterocycles. The van der Waals surface area contributed by atoms with Crippen LogP contribution in [0.3, 0.4) is 0 Å². The number of aromatic nitrogens is 1. The maximum atomic E-state index is 13.2. The SMILES string of the molecule is O=C(O)c1cc(-c2ccc(F)cc2)cc2c([C@@H]3CCSC3)c[nH]c12. The Balaban J connectivity index is 1.92. The van der Waals surface area contributed by atoms with Gasteiger partial charge in [-0.3, -0.25) is 0 Å². The number of aromatic amines is 1. The normalized spacial score (nSPS) is 17.5. The van der Waals surface area contributed by atoms with Gasteiger partial charge in [-0.05, 0) is 59.0 Å². The van der Waals surface area contributed by atoms with E-state index in [2.05, 4.69) is 4.98 Å². The van der Waals surface area contributed by atoms with E-state index in [4.69, 9.17) is 0 Å². The first kappa shape index (κ1) is 15.3. The summed E-state index contributed by atoms with van der Waals surface area (Å²) in [5.41, 5.74) is 3.71. The second kappa shape index (κ2) is 5.98. The third kappa shape index (κ3) is 2.59. The van der Waals surface area contributed by atoms with Gasteiger partial charge in [0.05, 0.1) is 11.1 Å². The fourth-order valence-corrected chi connectivity index (χ4v) is 4.60. The monoisotopic (exact) mass is 341 g/mol. The number of nitrogens with one attached hydrogen (secondary N) is 1. The molecule has 0 spiro atoms. The maximum Gasteiger partial charge on any atom is 0.337 e. The number of fused-ring (bicyclic) bond motifs is 1. The Hall–Kier alpha value is -2.27. The molecule has 1 fully saturated rings. The number of rotatable bonds is 3. The second-order valence-electron chi connectivity index (χ2n) is 6.06. The number of hydrogen-bond acceptors (Lipinski definition) is 2. The molecule has 1 aliphatic heterocycles. The van der Waals surface area contributed by atoms with E-state index in [0.29, 0.717) is 11.4 Å². The van der Waals surface area contributed by atoms with E-state index >= 15 is 0 Å². The van der Waals surface area contributed by atoms with Crippen molar-refractivity contribution in [3.05, 3.63) is 59.5 Å². The Labute approximate surface area is 142 Å². The molecule has 1 saturated heterocycles. The Bertz CT molecular complexity index is 911. The van der Waals surface area contributed by atoms with Crippen LogP contribution in [0.4, 0.5) is 4.39 Å². The summed E-state index contributed by atoms with van der Waals surface area (Å²) in [7, 11) is 0. The van der Waals surface area contributed by atoms with E-state index in [1.807, 2.05) is 24.0 Å². The zero-order valence-corrected chi connectivity index (χ0v) is 13.7. The molecule has 1 aliphatic rings. The first-order valence-electron chi connectivity index (χ1n) is 7.85. The quantitative estimate of drug-likeness (QED) is 0.713. The number of carbonyl (C=O) groups is 1. The van der Waals surface area contributed by atoms with Crippen molar-refractivity contribution < 1.29 is 14.3 Å². The summed E-state index contributed by atoms with van der Waals surface area (Å²) >= 11 is 1.93. The molecule has 122 valence electrons. The number of carboxylic acids is 1. The van der Waals surface area contributed by atoms with Gasteiger partial charge in [-0.1, -0.05) is 12.1 Å². The largest absolute Gasteiger partial charge is 0.478 e. The Morgan fingerprint density at radius 3 is 2.67 bits per heavy atom. The van der Waals surface area contributed by atoms with Gasteiger partial charge in [-0.25, -0.2) is 9.18 Å². The lowest BCUT2D eigenvalue weighted by molar-refractivity contribution is 0.0699. The Morgan fingerprint density at radius 1 is 1.21 bits per heavy atom. The van der Waals surface area contributed by atoms with Gasteiger partial charge in [0, 0.05) is 17.3 Å². The van der Waals surface area contributed by atoms with Gasteiger partial charge < -0.3 is 10.1 Å². The first-order valence-corrected chi connectivity index (χ1v) is 9.01. The third-order valence-corrected chi connectivity index (χ3v) is 5.76. The summed E-state index contributed by atoms with van der Waals surface area (Å²) < 4.78 is 13.2. The summed E-state index contributed by atoms with van der Waals surface area (Å²) in [6.45, 7) is 0. The van der Waals surface area contributed by atoms with Crippen LogP contribution in [0.5, 0.6) is 0 Å². The molecule has 2 aromatic carbocycles. The fraction of sp³-hybridized carbons (Fsp3) is 0.211. The van der Waals surface area contributed by atoms with Crippen molar-refractivity contribution in [2.75, 3.05) is 11.5 Å². The minimum Gasteiger partial charge on any atom is -0.478 e. The van der Waals surface area contributed by atoms with Gasteiger partial charge in [-0.2, -0.15) is 11.8 Å². The van der Waals surface area contributed by atoms with Crippen LogP contribution in [0.1, 0.15) is 28.3 Å². The molecule has 0 bridgehead atoms. The van der Waals surface area contributed by atoms with Crippen molar-refractivity contribution in [2.45, 2.75) is 12.3 Å². The lowest BCUT2D eigenvalue weighted by atomic mass is 9.94. The molecule has 0 radical (unpaired) electrons. The average Bonchev–Trinajstić information content (AvgIpc) is 3.23. The number of halogens is 1. The van der Waals surface area contributed by atoms with Crippen molar-refractivity contribution in [3.8, 4) is 11.1 Å². The van der Waals surface area contributed by atoms with Crippen LogP contribution in [0, 0.1) is 5.82 Å². The molecule has 1 atom stereocenters. The van der Waals surface area contributed by atoms with Gasteiger partial charge in [0.25, 0.3) is 0 Å². The van der Waals surface area contributed by atoms with Crippen LogP contribution in [0.25, 0.3) is 22.0 Å². The number of carboxylic acid groups (broad SMARTS) is 1. The summed E-state index contributed by atoms with van der Waals surface area (Å²) in [6, 6.07) is 9.82. The van der Waals surface area contributed by atoms with Crippen molar-refractivity contribution in [1.82, 2.24) is 4.98 Å². The van der Waals surface area contributed by atoms with Gasteiger partial charge in [0.15, 0.2) is 0 Å². The highest BCUT2D eigenvalue weighted by Crippen LogP contribution is 2.38. The molecule has 3 aromatic rings. The second-order valence-corrected chi connectivity index (χ2v) is 7.21. The van der Waals surface area contributed by atoms with Crippen LogP contribution in [0.15, 0.2) is 42.6 Å². The Morgan fingerprint density at radius 2 is 2.00 bits per heavy atom. The molecule has 0 unspecified atom stereocenters. The molecule has 2 N–H and O–H groups in total. The molecule has 2 heterocycles. The molecule has 0 saturated carbocycles. The molecule has 5 heteroatoms. The van der Waals surface area contributed by atoms with Crippen molar-refractivity contribution in [1.29, 1.82) is 0 Å². The summed E-state index contributed by atoms with van der Waals surface area (Å²) in [5.74, 6) is 1.40. The van der Waals surface area contributed by atoms with E-state index in [1.165, 1.54) is 17.7 Å². The number of thioether (sulfide) groups is 1. The summed E-state index contributed by atoms with van der Waals surface area (Å²) in [5, 5.41) is 10.5. The molecule has 24 heavy (non-hydrogen) atoms. The minimum atomic E-state index is -0.960. The minimum absolute atomic E-state index is 0.253. The lowest BCUT2D eigenvalue weighted by Gasteiger charge is -2.10. The molecule has 4 rings (SSSR count). The predicted octanol–water partition coefficient (Wildman–Crippen LogP) is 4.89. The molecule has 0 aliphatic carbocycles. The highest BCUT2D eigenvalue weighted by Gasteiger charge is 2.23. The van der Waals surface area contributed by atoms with Crippen molar-refractivity contribution in [3.63, 3.8) is 0 Å². The third-order valence-electron chi connectivity index (χ3n) is 4.60. The van der Waals surface area contributed by atoms with Crippen molar-refractivity contribution in [2.24, 2.45) is 0 Å². The standard InChI is InChI=1S/C19H16FNO2S/c20-14-3-1-11(2-4-14)13-7-15-17(12-5-6-24-10-12)9-21-18(15)16(8-13)19(22)23/h1-4,7-9,12,21H,5-6,10H2,(H,22,23)/t12-/m1/s1. The smallest absolute Gasteiger partial charge is 0.337 e. The molecular formula is C19H16FNO2S. The van der Waals surface area contributed by atoms with E-state index in [9.17, 15) is 14.3 Å². The average molecular weight is 341 g/mol. The summed E-state index contributed by atoms with van der Waals surface area (Å²) in [4.78, 5) is 14.9. The van der Waals surface area contributed by atoms with Gasteiger partial charge in [0.2, 0.25) is 0 Å². The van der Waals surface area contributed by atoms with Crippen molar-refractivity contribution >= 4 is 28.6 Å². The van der Waals surface area contributed by atoms with Crippen LogP contribution >= 0.6 is 11.8 Å². The maximum absolute atomic E-state index is 13.2. The number of aromatic carboxylic acids is 1. The van der Waals surface area contributed by atoms with E-state index in [1.54, 1.807) is 18.2 Å². The highest BCUT2D eigenvalue weighted by atomic mass is 32.2. The van der Waals surface area contributed by atoms with Crippen LogP contribution < -0.4 is 0 Å². The van der Waals surface area contributed by atoms with Gasteiger partial charge >= 0.3 is 5.97 Å². The number of H-pyrrole nitrogens is 1. The van der Waals surface area contributed by atoms with E-state index < -0.39 is 5.97 Å². The first-order chi connectivity index (χ1) is 11.6. The van der Waals surface area contributed by atoms with Crippen LogP contribution in [-0.2, 0) is 0 Å². The van der Waals surface area contributed by atoms with E-state index in [-0.39, 0.29) is 11.4 Å². The Kier molecular flexibility index (Phi) is 3.81. The lowest BCUT2D eigenvalue weighted by Crippen LogP contribution is -1.99. The van der Waals surface area contributed by atoms with Gasteiger partial charge in [-0.15, -0.1) is 0 Å². The zero-order chi connectivity index (χ0) is 16.7.